The number of halogens is 1. The molecular formula is C24H27FN6O2. The zero-order valence-corrected chi connectivity index (χ0v) is 18.1. The van der Waals surface area contributed by atoms with Gasteiger partial charge in [-0.2, -0.15) is 0 Å². The van der Waals surface area contributed by atoms with Crippen LogP contribution in [0.2, 0.25) is 0 Å². The van der Waals surface area contributed by atoms with E-state index >= 15 is 0 Å². The van der Waals surface area contributed by atoms with Crippen LogP contribution in [0.5, 0.6) is 5.88 Å². The number of nitrogens with one attached hydrogen (secondary N) is 2. The molecule has 8 nitrogen and oxygen atoms in total. The topological polar surface area (TPSA) is 128 Å². The molecule has 1 aliphatic carbocycles. The first kappa shape index (κ1) is 22.5. The molecule has 172 valence electrons. The maximum Gasteiger partial charge on any atom is 0.252 e. The van der Waals surface area contributed by atoms with Crippen LogP contribution in [0, 0.1) is 5.82 Å². The predicted octanol–water partition coefficient (Wildman–Crippen LogP) is 3.72. The van der Waals surface area contributed by atoms with Gasteiger partial charge in [0.25, 0.3) is 5.91 Å². The summed E-state index contributed by atoms with van der Waals surface area (Å²) in [5.41, 5.74) is 13.2. The van der Waals surface area contributed by atoms with Gasteiger partial charge in [0.15, 0.2) is 11.6 Å². The summed E-state index contributed by atoms with van der Waals surface area (Å²) in [6.45, 7) is 0.355. The van der Waals surface area contributed by atoms with Gasteiger partial charge in [-0.3, -0.25) is 4.79 Å². The lowest BCUT2D eigenvalue weighted by molar-refractivity contribution is 0.100. The lowest BCUT2D eigenvalue weighted by Crippen LogP contribution is -2.43. The Morgan fingerprint density at radius 2 is 1.91 bits per heavy atom. The molecule has 4 rings (SSSR count). The summed E-state index contributed by atoms with van der Waals surface area (Å²) in [4.78, 5) is 20.5. The molecule has 2 heterocycles. The maximum absolute atomic E-state index is 14.7. The highest BCUT2D eigenvalue weighted by molar-refractivity contribution is 5.98. The van der Waals surface area contributed by atoms with E-state index in [0.29, 0.717) is 18.2 Å². The number of hydrogen-bond donors (Lipinski definition) is 4. The van der Waals surface area contributed by atoms with Crippen molar-refractivity contribution in [1.82, 2.24) is 9.97 Å². The predicted molar refractivity (Wildman–Crippen MR) is 125 cm³/mol. The number of aromatic nitrogens is 2. The molecular weight excluding hydrogens is 423 g/mol. The molecule has 0 radical (unpaired) electrons. The Morgan fingerprint density at radius 1 is 1.12 bits per heavy atom. The average Bonchev–Trinajstić information content (AvgIpc) is 2.82. The van der Waals surface area contributed by atoms with Crippen LogP contribution in [0.1, 0.15) is 41.6 Å². The Balaban J connectivity index is 1.54. The van der Waals surface area contributed by atoms with Crippen LogP contribution in [-0.4, -0.2) is 28.0 Å². The SMILES string of the molecule is NC(=O)c1cc(F)c(NC2CCCC[C@@H]2N)nc1Nc1ccnc(OCc2ccccc2)c1. The van der Waals surface area contributed by atoms with E-state index in [-0.39, 0.29) is 29.3 Å². The van der Waals surface area contributed by atoms with Gasteiger partial charge in [0.1, 0.15) is 12.4 Å². The van der Waals surface area contributed by atoms with E-state index in [1.165, 1.54) is 0 Å². The second-order valence-corrected chi connectivity index (χ2v) is 8.06. The highest BCUT2D eigenvalue weighted by atomic mass is 19.1. The van der Waals surface area contributed by atoms with Gasteiger partial charge in [-0.25, -0.2) is 14.4 Å². The van der Waals surface area contributed by atoms with Crippen LogP contribution < -0.4 is 26.8 Å². The summed E-state index contributed by atoms with van der Waals surface area (Å²) in [7, 11) is 0. The van der Waals surface area contributed by atoms with Crippen molar-refractivity contribution in [3.8, 4) is 5.88 Å². The van der Waals surface area contributed by atoms with Crippen LogP contribution in [0.25, 0.3) is 0 Å². The molecule has 6 N–H and O–H groups in total. The van der Waals surface area contributed by atoms with Gasteiger partial charge in [0, 0.05) is 30.0 Å². The van der Waals surface area contributed by atoms with Crippen molar-refractivity contribution in [2.75, 3.05) is 10.6 Å². The maximum atomic E-state index is 14.7. The zero-order valence-electron chi connectivity index (χ0n) is 18.1. The molecule has 9 heteroatoms. The molecule has 0 aliphatic heterocycles. The normalized spacial score (nSPS) is 17.9. The highest BCUT2D eigenvalue weighted by Gasteiger charge is 2.24. The summed E-state index contributed by atoms with van der Waals surface area (Å²) < 4.78 is 20.5. The minimum atomic E-state index is -0.792. The second kappa shape index (κ2) is 10.3. The monoisotopic (exact) mass is 450 g/mol. The molecule has 0 bridgehead atoms. The number of anilines is 3. The number of nitrogens with two attached hydrogens (primary N) is 2. The third kappa shape index (κ3) is 5.75. The summed E-state index contributed by atoms with van der Waals surface area (Å²) in [6.07, 6.45) is 5.33. The Labute approximate surface area is 191 Å². The van der Waals surface area contributed by atoms with Crippen molar-refractivity contribution in [1.29, 1.82) is 0 Å². The highest BCUT2D eigenvalue weighted by Crippen LogP contribution is 2.27. The number of hydrogen-bond acceptors (Lipinski definition) is 7. The van der Waals surface area contributed by atoms with E-state index in [4.69, 9.17) is 16.2 Å². The fraction of sp³-hybridized carbons (Fsp3) is 0.292. The molecule has 2 aromatic heterocycles. The van der Waals surface area contributed by atoms with Crippen LogP contribution in [0.4, 0.5) is 21.7 Å². The molecule has 33 heavy (non-hydrogen) atoms. The molecule has 1 unspecified atom stereocenters. The first-order chi connectivity index (χ1) is 16.0. The Morgan fingerprint density at radius 3 is 2.67 bits per heavy atom. The van der Waals surface area contributed by atoms with E-state index in [0.717, 1.165) is 37.3 Å². The number of carbonyl (C=O) groups is 1. The molecule has 0 spiro atoms. The average molecular weight is 451 g/mol. The molecule has 1 amide bonds. The molecule has 1 aliphatic rings. The quantitative estimate of drug-likeness (QED) is 0.412. The molecule has 3 aromatic rings. The summed E-state index contributed by atoms with van der Waals surface area (Å²) >= 11 is 0. The van der Waals surface area contributed by atoms with Gasteiger partial charge in [0.2, 0.25) is 5.88 Å². The van der Waals surface area contributed by atoms with Crippen LogP contribution in [-0.2, 0) is 6.61 Å². The molecule has 1 saturated carbocycles. The Hall–Kier alpha value is -3.72. The molecule has 2 atom stereocenters. The number of primary amides is 1. The van der Waals surface area contributed by atoms with E-state index in [9.17, 15) is 9.18 Å². The second-order valence-electron chi connectivity index (χ2n) is 8.06. The van der Waals surface area contributed by atoms with Gasteiger partial charge in [-0.1, -0.05) is 43.2 Å². The number of benzene rings is 1. The Kier molecular flexibility index (Phi) is 6.99. The fourth-order valence-electron chi connectivity index (χ4n) is 3.82. The van der Waals surface area contributed by atoms with Gasteiger partial charge in [-0.15, -0.1) is 0 Å². The largest absolute Gasteiger partial charge is 0.473 e. The smallest absolute Gasteiger partial charge is 0.252 e. The van der Waals surface area contributed by atoms with Crippen molar-refractivity contribution in [2.24, 2.45) is 11.5 Å². The summed E-state index contributed by atoms with van der Waals surface area (Å²) in [5.74, 6) is -0.901. The fourth-order valence-corrected chi connectivity index (χ4v) is 3.82. The zero-order chi connectivity index (χ0) is 23.2. The molecule has 1 aromatic carbocycles. The number of nitrogens with zero attached hydrogens (tertiary/aromatic N) is 2. The van der Waals surface area contributed by atoms with Gasteiger partial charge in [-0.05, 0) is 30.5 Å². The third-order valence-corrected chi connectivity index (χ3v) is 5.61. The third-order valence-electron chi connectivity index (χ3n) is 5.61. The van der Waals surface area contributed by atoms with E-state index in [1.54, 1.807) is 18.3 Å². The van der Waals surface area contributed by atoms with E-state index in [1.807, 2.05) is 30.3 Å². The van der Waals surface area contributed by atoms with Crippen LogP contribution in [0.3, 0.4) is 0 Å². The number of pyridine rings is 2. The van der Waals surface area contributed by atoms with Crippen molar-refractivity contribution in [3.05, 3.63) is 71.7 Å². The van der Waals surface area contributed by atoms with Crippen LogP contribution in [0.15, 0.2) is 54.7 Å². The first-order valence-corrected chi connectivity index (χ1v) is 10.9. The van der Waals surface area contributed by atoms with Crippen molar-refractivity contribution in [2.45, 2.75) is 44.4 Å². The minimum absolute atomic E-state index is 0.0273. The van der Waals surface area contributed by atoms with Crippen molar-refractivity contribution in [3.63, 3.8) is 0 Å². The first-order valence-electron chi connectivity index (χ1n) is 10.9. The number of ether oxygens (including phenoxy) is 1. The van der Waals surface area contributed by atoms with Gasteiger partial charge in [0.05, 0.1) is 5.56 Å². The van der Waals surface area contributed by atoms with Crippen molar-refractivity contribution < 1.29 is 13.9 Å². The van der Waals surface area contributed by atoms with Crippen LogP contribution >= 0.6 is 0 Å². The van der Waals surface area contributed by atoms with E-state index in [2.05, 4.69) is 20.6 Å². The van der Waals surface area contributed by atoms with Gasteiger partial charge < -0.3 is 26.8 Å². The Bertz CT molecular complexity index is 1110. The van der Waals surface area contributed by atoms with Crippen molar-refractivity contribution >= 4 is 23.2 Å². The van der Waals surface area contributed by atoms with E-state index < -0.39 is 11.7 Å². The number of rotatable bonds is 8. The lowest BCUT2D eigenvalue weighted by Gasteiger charge is -2.30. The summed E-state index contributed by atoms with van der Waals surface area (Å²) in [5, 5.41) is 6.14. The number of carbonyl (C=O) groups excluding carboxylic acids is 1. The van der Waals surface area contributed by atoms with Gasteiger partial charge >= 0.3 is 0 Å². The number of amides is 1. The molecule has 0 saturated heterocycles. The lowest BCUT2D eigenvalue weighted by atomic mass is 9.91. The molecule has 1 fully saturated rings. The minimum Gasteiger partial charge on any atom is -0.473 e. The summed E-state index contributed by atoms with van der Waals surface area (Å²) in [6, 6.07) is 14.0. The standard InChI is InChI=1S/C24H27FN6O2/c25-18-13-17(22(27)32)23(31-24(18)30-20-9-5-4-8-19(20)26)29-16-10-11-28-21(12-16)33-14-15-6-2-1-3-7-15/h1-3,6-7,10-13,19-20H,4-5,8-9,14,26H2,(H2,27,32)(H2,28,29,30,31)/t19-,20?/m0/s1.